The molecule has 3 N–H and O–H groups in total. The van der Waals surface area contributed by atoms with Crippen molar-refractivity contribution in [3.63, 3.8) is 0 Å². The molecule has 0 bridgehead atoms. The van der Waals surface area contributed by atoms with E-state index in [0.29, 0.717) is 6.04 Å². The molecular formula is C15H27N3. The van der Waals surface area contributed by atoms with E-state index in [4.69, 9.17) is 5.73 Å². The third-order valence-electron chi connectivity index (χ3n) is 3.51. The van der Waals surface area contributed by atoms with Gasteiger partial charge in [0.2, 0.25) is 0 Å². The highest BCUT2D eigenvalue weighted by atomic mass is 15.1. The molecule has 0 fully saturated rings. The summed E-state index contributed by atoms with van der Waals surface area (Å²) in [5.41, 5.74) is 9.05. The fourth-order valence-corrected chi connectivity index (χ4v) is 1.81. The third kappa shape index (κ3) is 4.57. The van der Waals surface area contributed by atoms with Crippen LogP contribution in [0.4, 0.5) is 11.4 Å². The monoisotopic (exact) mass is 249 g/mol. The zero-order chi connectivity index (χ0) is 13.5. The molecule has 1 aromatic carbocycles. The Morgan fingerprint density at radius 1 is 1.28 bits per heavy atom. The molecular weight excluding hydrogens is 222 g/mol. The lowest BCUT2D eigenvalue weighted by atomic mass is 10.1. The van der Waals surface area contributed by atoms with E-state index in [1.54, 1.807) is 0 Å². The molecule has 0 radical (unpaired) electrons. The maximum absolute atomic E-state index is 5.88. The molecule has 0 unspecified atom stereocenters. The van der Waals surface area contributed by atoms with Gasteiger partial charge in [-0.25, -0.2) is 0 Å². The van der Waals surface area contributed by atoms with Crippen molar-refractivity contribution in [1.29, 1.82) is 0 Å². The molecule has 102 valence electrons. The fourth-order valence-electron chi connectivity index (χ4n) is 1.81. The fraction of sp³-hybridized carbons (Fsp3) is 0.600. The number of nitrogens with one attached hydrogen (secondary N) is 1. The normalized spacial score (nSPS) is 11.2. The highest BCUT2D eigenvalue weighted by Crippen LogP contribution is 2.20. The first-order chi connectivity index (χ1) is 8.52. The minimum absolute atomic E-state index is 0.633. The maximum Gasteiger partial charge on any atom is 0.0390 e. The van der Waals surface area contributed by atoms with Crippen LogP contribution in [-0.2, 0) is 0 Å². The first kappa shape index (κ1) is 14.8. The van der Waals surface area contributed by atoms with Crippen LogP contribution in [-0.4, -0.2) is 31.1 Å². The average molecular weight is 249 g/mol. The van der Waals surface area contributed by atoms with Crippen molar-refractivity contribution >= 4 is 11.4 Å². The molecule has 3 nitrogen and oxygen atoms in total. The minimum atomic E-state index is 0.633. The van der Waals surface area contributed by atoms with E-state index in [9.17, 15) is 0 Å². The zero-order valence-electron chi connectivity index (χ0n) is 12.2. The summed E-state index contributed by atoms with van der Waals surface area (Å²) in [6, 6.07) is 6.66. The van der Waals surface area contributed by atoms with Gasteiger partial charge in [-0.05, 0) is 64.9 Å². The Balaban J connectivity index is 2.24. The van der Waals surface area contributed by atoms with Gasteiger partial charge in [-0.1, -0.05) is 6.07 Å². The number of hydrogen-bond acceptors (Lipinski definition) is 3. The lowest BCUT2D eigenvalue weighted by Gasteiger charge is -2.20. The summed E-state index contributed by atoms with van der Waals surface area (Å²) in [5.74, 6) is 0. The molecule has 0 amide bonds. The molecule has 0 spiro atoms. The Bertz CT molecular complexity index is 361. The van der Waals surface area contributed by atoms with Crippen LogP contribution >= 0.6 is 0 Å². The molecule has 0 aliphatic carbocycles. The highest BCUT2D eigenvalue weighted by molar-refractivity contribution is 5.62. The number of anilines is 2. The van der Waals surface area contributed by atoms with Crippen molar-refractivity contribution < 1.29 is 0 Å². The number of nitrogen functional groups attached to an aromatic ring is 1. The molecule has 0 aromatic heterocycles. The van der Waals surface area contributed by atoms with E-state index in [1.807, 2.05) is 12.1 Å². The van der Waals surface area contributed by atoms with Crippen LogP contribution in [0, 0.1) is 6.92 Å². The third-order valence-corrected chi connectivity index (χ3v) is 3.51. The predicted molar refractivity (Wildman–Crippen MR) is 81.1 cm³/mol. The second-order valence-corrected chi connectivity index (χ2v) is 5.23. The van der Waals surface area contributed by atoms with Gasteiger partial charge in [0, 0.05) is 24.0 Å². The summed E-state index contributed by atoms with van der Waals surface area (Å²) in [4.78, 5) is 2.38. The maximum atomic E-state index is 5.88. The van der Waals surface area contributed by atoms with Gasteiger partial charge in [0.25, 0.3) is 0 Å². The largest absolute Gasteiger partial charge is 0.398 e. The van der Waals surface area contributed by atoms with E-state index in [1.165, 1.54) is 12.8 Å². The Hall–Kier alpha value is -1.22. The zero-order valence-corrected chi connectivity index (χ0v) is 12.2. The van der Waals surface area contributed by atoms with Gasteiger partial charge in [-0.3, -0.25) is 0 Å². The number of rotatable bonds is 7. The summed E-state index contributed by atoms with van der Waals surface area (Å²) < 4.78 is 0. The molecule has 0 aliphatic rings. The Morgan fingerprint density at radius 2 is 2.00 bits per heavy atom. The van der Waals surface area contributed by atoms with Crippen molar-refractivity contribution in [2.24, 2.45) is 0 Å². The summed E-state index contributed by atoms with van der Waals surface area (Å²) in [6.45, 7) is 8.69. The summed E-state index contributed by atoms with van der Waals surface area (Å²) in [5, 5.41) is 3.46. The quantitative estimate of drug-likeness (QED) is 0.576. The van der Waals surface area contributed by atoms with Gasteiger partial charge in [0.15, 0.2) is 0 Å². The number of benzene rings is 1. The Kier molecular flexibility index (Phi) is 5.99. The standard InChI is InChI=1S/C15H27N3/c1-12(2)18(4)11-6-5-10-17-15-9-7-8-14(16)13(15)3/h7-9,12,17H,5-6,10-11,16H2,1-4H3. The molecule has 0 aliphatic heterocycles. The summed E-state index contributed by atoms with van der Waals surface area (Å²) in [6.07, 6.45) is 2.41. The van der Waals surface area contributed by atoms with Crippen molar-refractivity contribution in [2.45, 2.75) is 39.7 Å². The topological polar surface area (TPSA) is 41.3 Å². The molecule has 18 heavy (non-hydrogen) atoms. The van der Waals surface area contributed by atoms with Crippen LogP contribution in [0.15, 0.2) is 18.2 Å². The second kappa shape index (κ2) is 7.27. The van der Waals surface area contributed by atoms with Crippen LogP contribution in [0.2, 0.25) is 0 Å². The molecule has 3 heteroatoms. The Morgan fingerprint density at radius 3 is 2.67 bits per heavy atom. The van der Waals surface area contributed by atoms with E-state index < -0.39 is 0 Å². The van der Waals surface area contributed by atoms with Gasteiger partial charge in [-0.15, -0.1) is 0 Å². The average Bonchev–Trinajstić information content (AvgIpc) is 2.33. The smallest absolute Gasteiger partial charge is 0.0390 e. The highest BCUT2D eigenvalue weighted by Gasteiger charge is 2.02. The second-order valence-electron chi connectivity index (χ2n) is 5.23. The predicted octanol–water partition coefficient (Wildman–Crippen LogP) is 3.11. The van der Waals surface area contributed by atoms with Crippen molar-refractivity contribution in [2.75, 3.05) is 31.2 Å². The lowest BCUT2D eigenvalue weighted by molar-refractivity contribution is 0.269. The number of hydrogen-bond donors (Lipinski definition) is 2. The SMILES string of the molecule is Cc1c(N)cccc1NCCCCN(C)C(C)C. The van der Waals surface area contributed by atoms with E-state index in [2.05, 4.69) is 44.1 Å². The Labute approximate surface area is 111 Å². The molecule has 1 rings (SSSR count). The van der Waals surface area contributed by atoms with Crippen LogP contribution in [0.5, 0.6) is 0 Å². The van der Waals surface area contributed by atoms with Gasteiger partial charge in [0.05, 0.1) is 0 Å². The van der Waals surface area contributed by atoms with E-state index in [0.717, 1.165) is 30.0 Å². The van der Waals surface area contributed by atoms with E-state index in [-0.39, 0.29) is 0 Å². The first-order valence-corrected chi connectivity index (χ1v) is 6.81. The van der Waals surface area contributed by atoms with Crippen molar-refractivity contribution in [3.05, 3.63) is 23.8 Å². The van der Waals surface area contributed by atoms with Gasteiger partial charge in [-0.2, -0.15) is 0 Å². The number of unbranched alkanes of at least 4 members (excludes halogenated alkanes) is 1. The van der Waals surface area contributed by atoms with Crippen molar-refractivity contribution in [1.82, 2.24) is 4.90 Å². The number of nitrogens with zero attached hydrogens (tertiary/aromatic N) is 1. The summed E-state index contributed by atoms with van der Waals surface area (Å²) >= 11 is 0. The molecule has 0 heterocycles. The van der Waals surface area contributed by atoms with Crippen LogP contribution < -0.4 is 11.1 Å². The van der Waals surface area contributed by atoms with E-state index >= 15 is 0 Å². The van der Waals surface area contributed by atoms with Crippen LogP contribution in [0.1, 0.15) is 32.3 Å². The minimum Gasteiger partial charge on any atom is -0.398 e. The summed E-state index contributed by atoms with van der Waals surface area (Å²) in [7, 11) is 2.18. The van der Waals surface area contributed by atoms with Gasteiger partial charge in [0.1, 0.15) is 0 Å². The molecule has 0 saturated carbocycles. The lowest BCUT2D eigenvalue weighted by Crippen LogP contribution is -2.27. The molecule has 1 aromatic rings. The molecule has 0 saturated heterocycles. The van der Waals surface area contributed by atoms with Crippen molar-refractivity contribution in [3.8, 4) is 0 Å². The molecule has 0 atom stereocenters. The van der Waals surface area contributed by atoms with Gasteiger partial charge >= 0.3 is 0 Å². The van der Waals surface area contributed by atoms with Crippen LogP contribution in [0.3, 0.4) is 0 Å². The van der Waals surface area contributed by atoms with Gasteiger partial charge < -0.3 is 16.0 Å². The first-order valence-electron chi connectivity index (χ1n) is 6.81. The van der Waals surface area contributed by atoms with Crippen LogP contribution in [0.25, 0.3) is 0 Å². The number of nitrogens with two attached hydrogens (primary N) is 1.